The van der Waals surface area contributed by atoms with Gasteiger partial charge in [-0.2, -0.15) is 0 Å². The molecule has 4 rings (SSSR count). The smallest absolute Gasteiger partial charge is 0.336 e. The van der Waals surface area contributed by atoms with Crippen LogP contribution in [0.2, 0.25) is 0 Å². The van der Waals surface area contributed by atoms with Gasteiger partial charge in [-0.15, -0.1) is 0 Å². The molecule has 1 aliphatic rings. The number of quaternary nitrogens is 1. The van der Waals surface area contributed by atoms with Gasteiger partial charge in [0.15, 0.2) is 17.1 Å². The highest BCUT2D eigenvalue weighted by molar-refractivity contribution is 5.85. The topological polar surface area (TPSA) is 71.6 Å². The van der Waals surface area contributed by atoms with Gasteiger partial charge < -0.3 is 23.4 Å². The predicted octanol–water partition coefficient (Wildman–Crippen LogP) is 2.32. The SMILES string of the molecule is CCc1cc(=O)oc2c3c(ccc12)OC[NH+](Cc1cc(OC)c(OC)c(OC)c1)C3. The first-order chi connectivity index (χ1) is 14.6. The number of nitrogens with one attached hydrogen (secondary N) is 1. The molecule has 2 aromatic carbocycles. The number of fused-ring (bicyclic) bond motifs is 3. The van der Waals surface area contributed by atoms with Crippen LogP contribution in [0.4, 0.5) is 0 Å². The van der Waals surface area contributed by atoms with Crippen LogP contribution in [0, 0.1) is 0 Å². The Hall–Kier alpha value is -3.19. The van der Waals surface area contributed by atoms with Crippen LogP contribution in [0.15, 0.2) is 39.5 Å². The minimum atomic E-state index is -0.329. The van der Waals surface area contributed by atoms with Crippen LogP contribution in [-0.2, 0) is 19.5 Å². The molecule has 0 spiro atoms. The summed E-state index contributed by atoms with van der Waals surface area (Å²) in [6.07, 6.45) is 0.768. The highest BCUT2D eigenvalue weighted by Crippen LogP contribution is 2.38. The van der Waals surface area contributed by atoms with E-state index < -0.39 is 0 Å². The number of benzene rings is 2. The van der Waals surface area contributed by atoms with Crippen molar-refractivity contribution >= 4 is 11.0 Å². The summed E-state index contributed by atoms with van der Waals surface area (Å²) in [5.41, 5.74) is 3.24. The van der Waals surface area contributed by atoms with Crippen LogP contribution < -0.4 is 29.5 Å². The van der Waals surface area contributed by atoms with Crippen molar-refractivity contribution in [3.63, 3.8) is 0 Å². The fourth-order valence-electron chi connectivity index (χ4n) is 4.04. The first-order valence-electron chi connectivity index (χ1n) is 9.91. The van der Waals surface area contributed by atoms with Crippen molar-refractivity contribution in [1.82, 2.24) is 0 Å². The van der Waals surface area contributed by atoms with Crippen molar-refractivity contribution in [3.05, 3.63) is 57.4 Å². The van der Waals surface area contributed by atoms with Crippen LogP contribution in [0.25, 0.3) is 11.0 Å². The Kier molecular flexibility index (Phi) is 5.55. The number of rotatable bonds is 6. The van der Waals surface area contributed by atoms with Gasteiger partial charge in [0.2, 0.25) is 12.5 Å². The molecule has 3 aromatic rings. The van der Waals surface area contributed by atoms with Gasteiger partial charge in [0, 0.05) is 17.0 Å². The molecule has 30 heavy (non-hydrogen) atoms. The zero-order valence-corrected chi connectivity index (χ0v) is 17.7. The van der Waals surface area contributed by atoms with Gasteiger partial charge >= 0.3 is 5.63 Å². The van der Waals surface area contributed by atoms with E-state index in [0.29, 0.717) is 42.7 Å². The van der Waals surface area contributed by atoms with Crippen LogP contribution in [-0.4, -0.2) is 28.1 Å². The molecule has 0 bridgehead atoms. The lowest BCUT2D eigenvalue weighted by molar-refractivity contribution is -0.945. The maximum absolute atomic E-state index is 12.1. The molecule has 0 aliphatic carbocycles. The van der Waals surface area contributed by atoms with E-state index in [1.807, 2.05) is 31.2 Å². The zero-order valence-electron chi connectivity index (χ0n) is 17.7. The van der Waals surface area contributed by atoms with Crippen molar-refractivity contribution in [2.75, 3.05) is 28.1 Å². The number of hydrogen-bond donors (Lipinski definition) is 1. The molecule has 1 atom stereocenters. The van der Waals surface area contributed by atoms with Crippen LogP contribution in [0.1, 0.15) is 23.6 Å². The van der Waals surface area contributed by atoms with Crippen molar-refractivity contribution in [2.45, 2.75) is 26.4 Å². The second kappa shape index (κ2) is 8.28. The predicted molar refractivity (Wildman–Crippen MR) is 112 cm³/mol. The van der Waals surface area contributed by atoms with Gasteiger partial charge in [-0.05, 0) is 36.2 Å². The molecule has 0 radical (unpaired) electrons. The molecule has 0 amide bonds. The second-order valence-electron chi connectivity index (χ2n) is 7.29. The van der Waals surface area contributed by atoms with Crippen molar-refractivity contribution in [3.8, 4) is 23.0 Å². The number of hydrogen-bond acceptors (Lipinski definition) is 6. The monoisotopic (exact) mass is 412 g/mol. The van der Waals surface area contributed by atoms with Crippen molar-refractivity contribution < 1.29 is 28.3 Å². The Morgan fingerprint density at radius 3 is 2.40 bits per heavy atom. The largest absolute Gasteiger partial charge is 0.493 e. The number of ether oxygens (including phenoxy) is 4. The molecule has 2 heterocycles. The first-order valence-corrected chi connectivity index (χ1v) is 9.91. The zero-order chi connectivity index (χ0) is 21.3. The van der Waals surface area contributed by atoms with Crippen LogP contribution >= 0.6 is 0 Å². The summed E-state index contributed by atoms with van der Waals surface area (Å²) in [4.78, 5) is 13.2. The van der Waals surface area contributed by atoms with Gasteiger partial charge in [-0.1, -0.05) is 6.92 Å². The molecular formula is C23H26NO6+. The third kappa shape index (κ3) is 3.57. The highest BCUT2D eigenvalue weighted by atomic mass is 16.5. The summed E-state index contributed by atoms with van der Waals surface area (Å²) in [6.45, 7) is 3.91. The standard InChI is InChI=1S/C23H25NO6/c1-5-15-10-21(25)30-22-16(15)6-7-18-17(22)12-24(13-29-18)11-14-8-19(26-2)23(28-4)20(9-14)27-3/h6-10H,5,11-13H2,1-4H3/p+1. The van der Waals surface area contributed by atoms with E-state index in [9.17, 15) is 4.79 Å². The molecule has 7 nitrogen and oxygen atoms in total. The quantitative estimate of drug-likeness (QED) is 0.627. The minimum Gasteiger partial charge on any atom is -0.493 e. The van der Waals surface area contributed by atoms with Gasteiger partial charge in [-0.3, -0.25) is 4.90 Å². The summed E-state index contributed by atoms with van der Waals surface area (Å²) in [5, 5.41) is 0.966. The van der Waals surface area contributed by atoms with Crippen LogP contribution in [0.3, 0.4) is 0 Å². The molecular weight excluding hydrogens is 386 g/mol. The van der Waals surface area contributed by atoms with E-state index in [1.165, 1.54) is 4.90 Å². The fourth-order valence-corrected chi connectivity index (χ4v) is 4.04. The average molecular weight is 412 g/mol. The Balaban J connectivity index is 1.68. The van der Waals surface area contributed by atoms with E-state index in [0.717, 1.165) is 34.2 Å². The molecule has 1 aliphatic heterocycles. The van der Waals surface area contributed by atoms with Gasteiger partial charge in [0.25, 0.3) is 0 Å². The molecule has 0 saturated carbocycles. The number of aryl methyl sites for hydroxylation is 1. The van der Waals surface area contributed by atoms with Crippen LogP contribution in [0.5, 0.6) is 23.0 Å². The summed E-state index contributed by atoms with van der Waals surface area (Å²) >= 11 is 0. The minimum absolute atomic E-state index is 0.329. The van der Waals surface area contributed by atoms with E-state index in [4.69, 9.17) is 23.4 Å². The van der Waals surface area contributed by atoms with E-state index in [-0.39, 0.29) is 5.63 Å². The van der Waals surface area contributed by atoms with Crippen molar-refractivity contribution in [2.24, 2.45) is 0 Å². The molecule has 1 unspecified atom stereocenters. The lowest BCUT2D eigenvalue weighted by Crippen LogP contribution is -3.10. The average Bonchev–Trinajstić information content (AvgIpc) is 2.77. The Bertz CT molecular complexity index is 1110. The van der Waals surface area contributed by atoms with Gasteiger partial charge in [-0.25, -0.2) is 4.79 Å². The van der Waals surface area contributed by atoms with Gasteiger partial charge in [0.05, 0.1) is 26.9 Å². The summed E-state index contributed by atoms with van der Waals surface area (Å²) in [6, 6.07) is 9.40. The third-order valence-corrected chi connectivity index (χ3v) is 5.48. The Morgan fingerprint density at radius 1 is 1.03 bits per heavy atom. The molecule has 158 valence electrons. The second-order valence-corrected chi connectivity index (χ2v) is 7.29. The summed E-state index contributed by atoms with van der Waals surface area (Å²) in [5.74, 6) is 2.58. The summed E-state index contributed by atoms with van der Waals surface area (Å²) in [7, 11) is 4.80. The van der Waals surface area contributed by atoms with Crippen molar-refractivity contribution in [1.29, 1.82) is 0 Å². The Morgan fingerprint density at radius 2 is 1.77 bits per heavy atom. The fraction of sp³-hybridized carbons (Fsp3) is 0.348. The first kappa shape index (κ1) is 20.1. The van der Waals surface area contributed by atoms with E-state index in [1.54, 1.807) is 27.4 Å². The number of methoxy groups -OCH3 is 3. The summed E-state index contributed by atoms with van der Waals surface area (Å²) < 4.78 is 27.9. The third-order valence-electron chi connectivity index (χ3n) is 5.48. The normalized spacial score (nSPS) is 15.4. The van der Waals surface area contributed by atoms with Gasteiger partial charge in [0.1, 0.15) is 18.8 Å². The lowest BCUT2D eigenvalue weighted by atomic mass is 10.0. The maximum atomic E-state index is 12.1. The molecule has 7 heteroatoms. The lowest BCUT2D eigenvalue weighted by Gasteiger charge is -2.27. The molecule has 1 aromatic heterocycles. The molecule has 0 fully saturated rings. The van der Waals surface area contributed by atoms with E-state index in [2.05, 4.69) is 0 Å². The molecule has 0 saturated heterocycles. The van der Waals surface area contributed by atoms with E-state index >= 15 is 0 Å². The maximum Gasteiger partial charge on any atom is 0.336 e. The Labute approximate surface area is 174 Å². The highest BCUT2D eigenvalue weighted by Gasteiger charge is 2.26. The molecule has 1 N–H and O–H groups in total.